The third-order valence-corrected chi connectivity index (χ3v) is 3.05. The number of nitrogens with zero attached hydrogens (tertiary/aromatic N) is 2. The van der Waals surface area contributed by atoms with Crippen LogP contribution in [0.2, 0.25) is 0 Å². The molecule has 0 amide bonds. The van der Waals surface area contributed by atoms with Crippen molar-refractivity contribution in [2.75, 3.05) is 6.61 Å². The summed E-state index contributed by atoms with van der Waals surface area (Å²) in [6.45, 7) is 0.759. The number of nitrogens with two attached hydrogens (primary N) is 1. The molecule has 3 N–H and O–H groups in total. The van der Waals surface area contributed by atoms with Gasteiger partial charge in [-0.3, -0.25) is 0 Å². The molecule has 5 heteroatoms. The minimum atomic E-state index is -0.290. The van der Waals surface area contributed by atoms with Crippen molar-refractivity contribution in [2.24, 2.45) is 5.73 Å². The Morgan fingerprint density at radius 3 is 3.18 bits per heavy atom. The Kier molecular flexibility index (Phi) is 2.53. The van der Waals surface area contributed by atoms with Crippen LogP contribution in [0.1, 0.15) is 29.3 Å². The number of aromatic amines is 1. The molecule has 1 aliphatic rings. The van der Waals surface area contributed by atoms with E-state index >= 15 is 0 Å². The van der Waals surface area contributed by atoms with Crippen molar-refractivity contribution in [2.45, 2.75) is 18.9 Å². The summed E-state index contributed by atoms with van der Waals surface area (Å²) in [5.74, 6) is 0.925. The van der Waals surface area contributed by atoms with Gasteiger partial charge in [-0.15, -0.1) is 0 Å². The Hall–Kier alpha value is -1.88. The average molecular weight is 230 g/mol. The maximum atomic E-state index is 6.18. The lowest BCUT2D eigenvalue weighted by Crippen LogP contribution is -2.17. The van der Waals surface area contributed by atoms with Gasteiger partial charge in [0.15, 0.2) is 0 Å². The molecular weight excluding hydrogens is 216 g/mol. The zero-order chi connectivity index (χ0) is 11.7. The second-order valence-electron chi connectivity index (χ2n) is 4.16. The molecule has 17 heavy (non-hydrogen) atoms. The predicted molar refractivity (Wildman–Crippen MR) is 62.7 cm³/mol. The van der Waals surface area contributed by atoms with Crippen LogP contribution in [-0.4, -0.2) is 22.0 Å². The van der Waals surface area contributed by atoms with Gasteiger partial charge in [0, 0.05) is 5.56 Å². The molecule has 1 aromatic carbocycles. The molecule has 88 valence electrons. The molecule has 1 unspecified atom stereocenters. The number of hydrogen-bond acceptors (Lipinski definition) is 4. The zero-order valence-electron chi connectivity index (χ0n) is 9.39. The second-order valence-corrected chi connectivity index (χ2v) is 4.16. The second kappa shape index (κ2) is 4.18. The van der Waals surface area contributed by atoms with Crippen molar-refractivity contribution >= 4 is 0 Å². The van der Waals surface area contributed by atoms with Crippen LogP contribution in [0.15, 0.2) is 24.4 Å². The minimum Gasteiger partial charge on any atom is -0.493 e. The Labute approximate surface area is 99.0 Å². The van der Waals surface area contributed by atoms with Crippen LogP contribution in [0, 0.1) is 0 Å². The van der Waals surface area contributed by atoms with Crippen molar-refractivity contribution in [3.8, 4) is 5.75 Å². The Morgan fingerprint density at radius 1 is 1.41 bits per heavy atom. The highest BCUT2D eigenvalue weighted by molar-refractivity contribution is 5.46. The molecule has 3 rings (SSSR count). The number of hydrogen-bond donors (Lipinski definition) is 2. The first-order valence-corrected chi connectivity index (χ1v) is 5.72. The fourth-order valence-corrected chi connectivity index (χ4v) is 2.18. The summed E-state index contributed by atoms with van der Waals surface area (Å²) in [6.07, 6.45) is 3.76. The number of aromatic nitrogens is 3. The zero-order valence-corrected chi connectivity index (χ0v) is 9.39. The molecule has 0 spiro atoms. The third-order valence-electron chi connectivity index (χ3n) is 3.05. The molecule has 1 aliphatic heterocycles. The molecule has 0 saturated carbocycles. The van der Waals surface area contributed by atoms with E-state index in [4.69, 9.17) is 10.5 Å². The third kappa shape index (κ3) is 1.78. The van der Waals surface area contributed by atoms with Gasteiger partial charge in [0.25, 0.3) is 0 Å². The number of H-pyrrole nitrogens is 1. The number of benzene rings is 1. The van der Waals surface area contributed by atoms with Gasteiger partial charge in [-0.2, -0.15) is 15.4 Å². The molecule has 0 fully saturated rings. The predicted octanol–water partition coefficient (Wildman–Crippen LogP) is 1.18. The van der Waals surface area contributed by atoms with E-state index in [-0.39, 0.29) is 6.04 Å². The van der Waals surface area contributed by atoms with Crippen LogP contribution < -0.4 is 10.5 Å². The van der Waals surface area contributed by atoms with Crippen molar-refractivity contribution in [1.29, 1.82) is 0 Å². The summed E-state index contributed by atoms with van der Waals surface area (Å²) >= 11 is 0. The molecule has 0 saturated heterocycles. The maximum Gasteiger partial charge on any atom is 0.127 e. The van der Waals surface area contributed by atoms with Crippen molar-refractivity contribution < 1.29 is 4.74 Å². The summed E-state index contributed by atoms with van der Waals surface area (Å²) in [5.41, 5.74) is 9.12. The molecule has 1 atom stereocenters. The van der Waals surface area contributed by atoms with E-state index < -0.39 is 0 Å². The largest absolute Gasteiger partial charge is 0.493 e. The van der Waals surface area contributed by atoms with Gasteiger partial charge >= 0.3 is 0 Å². The van der Waals surface area contributed by atoms with Crippen LogP contribution >= 0.6 is 0 Å². The van der Waals surface area contributed by atoms with Gasteiger partial charge in [0.2, 0.25) is 0 Å². The lowest BCUT2D eigenvalue weighted by Gasteiger charge is -2.22. The van der Waals surface area contributed by atoms with E-state index in [0.717, 1.165) is 36.5 Å². The molecule has 5 nitrogen and oxygen atoms in total. The molecule has 0 aliphatic carbocycles. The van der Waals surface area contributed by atoms with E-state index in [2.05, 4.69) is 21.5 Å². The smallest absolute Gasteiger partial charge is 0.127 e. The van der Waals surface area contributed by atoms with Gasteiger partial charge < -0.3 is 10.5 Å². The number of ether oxygens (including phenoxy) is 1. The SMILES string of the molecule is NC(c1cn[nH]n1)c1cccc2c1OCCC2. The number of rotatable bonds is 2. The Balaban J connectivity index is 2.03. The first-order valence-electron chi connectivity index (χ1n) is 5.72. The van der Waals surface area contributed by atoms with E-state index in [1.54, 1.807) is 6.20 Å². The number of para-hydroxylation sites is 1. The highest BCUT2D eigenvalue weighted by atomic mass is 16.5. The van der Waals surface area contributed by atoms with Crippen LogP contribution in [0.3, 0.4) is 0 Å². The summed E-state index contributed by atoms with van der Waals surface area (Å²) in [4.78, 5) is 0. The fraction of sp³-hybridized carbons (Fsp3) is 0.333. The normalized spacial score (nSPS) is 16.1. The van der Waals surface area contributed by atoms with Crippen molar-refractivity contribution in [3.05, 3.63) is 41.2 Å². The average Bonchev–Trinajstić information content (AvgIpc) is 2.91. The van der Waals surface area contributed by atoms with Crippen molar-refractivity contribution in [3.63, 3.8) is 0 Å². The first kappa shape index (κ1) is 10.3. The number of fused-ring (bicyclic) bond motifs is 1. The highest BCUT2D eigenvalue weighted by Crippen LogP contribution is 2.33. The standard InChI is InChI=1S/C12H14N4O/c13-11(10-7-14-16-15-10)9-5-1-3-8-4-2-6-17-12(8)9/h1,3,5,7,11H,2,4,6,13H2,(H,14,15,16). The van der Waals surface area contributed by atoms with E-state index in [1.165, 1.54) is 5.56 Å². The molecule has 2 aromatic rings. The van der Waals surface area contributed by atoms with Crippen molar-refractivity contribution in [1.82, 2.24) is 15.4 Å². The molecule has 0 radical (unpaired) electrons. The Morgan fingerprint density at radius 2 is 2.35 bits per heavy atom. The number of nitrogens with one attached hydrogen (secondary N) is 1. The minimum absolute atomic E-state index is 0.290. The maximum absolute atomic E-state index is 6.18. The monoisotopic (exact) mass is 230 g/mol. The van der Waals surface area contributed by atoms with Gasteiger partial charge in [-0.05, 0) is 18.4 Å². The van der Waals surface area contributed by atoms with Crippen LogP contribution in [0.5, 0.6) is 5.75 Å². The summed E-state index contributed by atoms with van der Waals surface area (Å²) < 4.78 is 5.74. The summed E-state index contributed by atoms with van der Waals surface area (Å²) in [7, 11) is 0. The van der Waals surface area contributed by atoms with Gasteiger partial charge in [-0.1, -0.05) is 18.2 Å². The van der Waals surface area contributed by atoms with E-state index in [0.29, 0.717) is 0 Å². The summed E-state index contributed by atoms with van der Waals surface area (Å²) in [5, 5.41) is 10.4. The van der Waals surface area contributed by atoms with Gasteiger partial charge in [0.1, 0.15) is 11.4 Å². The quantitative estimate of drug-likeness (QED) is 0.812. The fourth-order valence-electron chi connectivity index (χ4n) is 2.18. The molecule has 0 bridgehead atoms. The lowest BCUT2D eigenvalue weighted by molar-refractivity contribution is 0.284. The van der Waals surface area contributed by atoms with Gasteiger partial charge in [-0.25, -0.2) is 0 Å². The van der Waals surface area contributed by atoms with E-state index in [9.17, 15) is 0 Å². The highest BCUT2D eigenvalue weighted by Gasteiger charge is 2.20. The first-order chi connectivity index (χ1) is 8.36. The van der Waals surface area contributed by atoms with Crippen LogP contribution in [-0.2, 0) is 6.42 Å². The lowest BCUT2D eigenvalue weighted by atomic mass is 9.97. The van der Waals surface area contributed by atoms with Crippen LogP contribution in [0.25, 0.3) is 0 Å². The van der Waals surface area contributed by atoms with E-state index in [1.807, 2.05) is 12.1 Å². The summed E-state index contributed by atoms with van der Waals surface area (Å²) in [6, 6.07) is 5.81. The van der Waals surface area contributed by atoms with Crippen LogP contribution in [0.4, 0.5) is 0 Å². The molecular formula is C12H14N4O. The topological polar surface area (TPSA) is 76.8 Å². The molecule has 1 aromatic heterocycles. The Bertz CT molecular complexity index is 509. The number of aryl methyl sites for hydroxylation is 1. The van der Waals surface area contributed by atoms with Gasteiger partial charge in [0.05, 0.1) is 18.8 Å². The molecule has 2 heterocycles.